The Kier molecular flexibility index (Phi) is 4.04. The van der Waals surface area contributed by atoms with Crippen LogP contribution in [0.15, 0.2) is 33.1 Å². The van der Waals surface area contributed by atoms with E-state index in [4.69, 9.17) is 11.6 Å². The zero-order chi connectivity index (χ0) is 12.5. The van der Waals surface area contributed by atoms with Crippen molar-refractivity contribution in [1.29, 1.82) is 0 Å². The molecule has 0 aliphatic carbocycles. The Morgan fingerprint density at radius 2 is 2.06 bits per heavy atom. The van der Waals surface area contributed by atoms with Crippen molar-refractivity contribution in [1.82, 2.24) is 4.90 Å². The van der Waals surface area contributed by atoms with Crippen LogP contribution in [0.1, 0.15) is 18.4 Å². The standard InChI is InChI=1S/C14H15BrClNS/c15-11-3-4-13-12(7-11)14(16)10(9-18-13)8-17-5-1-2-6-17/h3-4,7H,1-2,5-6,8-9H2. The fourth-order valence-corrected chi connectivity index (χ4v) is 4.37. The first-order chi connectivity index (χ1) is 8.74. The van der Waals surface area contributed by atoms with Gasteiger partial charge in [-0.05, 0) is 49.7 Å². The molecule has 0 atom stereocenters. The highest BCUT2D eigenvalue weighted by Crippen LogP contribution is 2.40. The number of hydrogen-bond donors (Lipinski definition) is 0. The third kappa shape index (κ3) is 2.64. The van der Waals surface area contributed by atoms with Gasteiger partial charge in [-0.2, -0.15) is 0 Å². The largest absolute Gasteiger partial charge is 0.299 e. The summed E-state index contributed by atoms with van der Waals surface area (Å²) in [4.78, 5) is 3.81. The number of halogens is 2. The zero-order valence-corrected chi connectivity index (χ0v) is 13.2. The topological polar surface area (TPSA) is 3.24 Å². The molecule has 0 aromatic heterocycles. The number of rotatable bonds is 2. The fourth-order valence-electron chi connectivity index (χ4n) is 2.54. The van der Waals surface area contributed by atoms with Crippen LogP contribution in [-0.4, -0.2) is 30.3 Å². The Bertz CT molecular complexity index is 495. The first-order valence-corrected chi connectivity index (χ1v) is 8.42. The number of nitrogens with zero attached hydrogens (tertiary/aromatic N) is 1. The summed E-state index contributed by atoms with van der Waals surface area (Å²) >= 11 is 12.0. The lowest BCUT2D eigenvalue weighted by Gasteiger charge is -2.23. The van der Waals surface area contributed by atoms with E-state index in [1.54, 1.807) is 0 Å². The lowest BCUT2D eigenvalue weighted by molar-refractivity contribution is 0.369. The summed E-state index contributed by atoms with van der Waals surface area (Å²) in [6, 6.07) is 6.37. The fraction of sp³-hybridized carbons (Fsp3) is 0.429. The van der Waals surface area contributed by atoms with Crippen LogP contribution in [0.2, 0.25) is 0 Å². The van der Waals surface area contributed by atoms with E-state index in [0.29, 0.717) is 0 Å². The van der Waals surface area contributed by atoms with Crippen molar-refractivity contribution in [2.45, 2.75) is 17.7 Å². The Morgan fingerprint density at radius 1 is 1.28 bits per heavy atom. The second-order valence-corrected chi connectivity index (χ2v) is 7.14. The monoisotopic (exact) mass is 343 g/mol. The molecule has 0 unspecified atom stereocenters. The van der Waals surface area contributed by atoms with E-state index in [-0.39, 0.29) is 0 Å². The molecule has 3 rings (SSSR count). The van der Waals surface area contributed by atoms with Crippen LogP contribution in [0.5, 0.6) is 0 Å². The Labute approximate surface area is 126 Å². The average Bonchev–Trinajstić information content (AvgIpc) is 2.86. The molecule has 2 aliphatic heterocycles. The predicted molar refractivity (Wildman–Crippen MR) is 83.3 cm³/mol. The highest BCUT2D eigenvalue weighted by Gasteiger charge is 2.21. The molecule has 1 nitrogen and oxygen atoms in total. The molecule has 96 valence electrons. The SMILES string of the molecule is ClC1=C(CN2CCCC2)CSc2ccc(Br)cc21. The Morgan fingerprint density at radius 3 is 2.83 bits per heavy atom. The van der Waals surface area contributed by atoms with Gasteiger partial charge < -0.3 is 0 Å². The number of fused-ring (bicyclic) bond motifs is 1. The van der Waals surface area contributed by atoms with E-state index in [9.17, 15) is 0 Å². The average molecular weight is 345 g/mol. The van der Waals surface area contributed by atoms with Crippen LogP contribution in [0.3, 0.4) is 0 Å². The smallest absolute Gasteiger partial charge is 0.0503 e. The van der Waals surface area contributed by atoms with Crippen LogP contribution in [-0.2, 0) is 0 Å². The molecule has 0 amide bonds. The quantitative estimate of drug-likeness (QED) is 0.771. The number of benzene rings is 1. The van der Waals surface area contributed by atoms with Crippen LogP contribution < -0.4 is 0 Å². The normalized spacial score (nSPS) is 20.3. The molecule has 18 heavy (non-hydrogen) atoms. The Hall–Kier alpha value is 0.0400. The van der Waals surface area contributed by atoms with E-state index < -0.39 is 0 Å². The second kappa shape index (κ2) is 5.58. The minimum Gasteiger partial charge on any atom is -0.299 e. The second-order valence-electron chi connectivity index (χ2n) is 4.83. The van der Waals surface area contributed by atoms with Crippen molar-refractivity contribution >= 4 is 44.3 Å². The summed E-state index contributed by atoms with van der Waals surface area (Å²) in [6.45, 7) is 3.49. The molecule has 2 aliphatic rings. The van der Waals surface area contributed by atoms with Gasteiger partial charge in [0, 0.05) is 27.2 Å². The number of likely N-dealkylation sites (tertiary alicyclic amines) is 1. The summed E-state index contributed by atoms with van der Waals surface area (Å²) < 4.78 is 1.10. The van der Waals surface area contributed by atoms with Gasteiger partial charge >= 0.3 is 0 Å². The van der Waals surface area contributed by atoms with Crippen LogP contribution >= 0.6 is 39.3 Å². The van der Waals surface area contributed by atoms with Crippen molar-refractivity contribution < 1.29 is 0 Å². The predicted octanol–water partition coefficient (Wildman–Crippen LogP) is 4.60. The van der Waals surface area contributed by atoms with Gasteiger partial charge in [-0.1, -0.05) is 27.5 Å². The van der Waals surface area contributed by atoms with E-state index in [0.717, 1.165) is 21.8 Å². The highest BCUT2D eigenvalue weighted by atomic mass is 79.9. The number of hydrogen-bond acceptors (Lipinski definition) is 2. The van der Waals surface area contributed by atoms with Gasteiger partial charge in [-0.15, -0.1) is 11.8 Å². The molecule has 0 spiro atoms. The molecular weight excluding hydrogens is 330 g/mol. The maximum absolute atomic E-state index is 6.58. The molecule has 4 heteroatoms. The molecule has 0 bridgehead atoms. The molecule has 1 aromatic rings. The maximum atomic E-state index is 6.58. The van der Waals surface area contributed by atoms with Crippen molar-refractivity contribution in [2.24, 2.45) is 0 Å². The van der Waals surface area contributed by atoms with E-state index >= 15 is 0 Å². The summed E-state index contributed by atoms with van der Waals surface area (Å²) in [5.41, 5.74) is 2.57. The van der Waals surface area contributed by atoms with E-state index in [1.807, 2.05) is 11.8 Å². The summed E-state index contributed by atoms with van der Waals surface area (Å²) in [5, 5.41) is 0.969. The van der Waals surface area contributed by atoms with E-state index in [1.165, 1.54) is 42.0 Å². The molecule has 0 N–H and O–H groups in total. The Balaban J connectivity index is 1.88. The van der Waals surface area contributed by atoms with Gasteiger partial charge in [0.25, 0.3) is 0 Å². The highest BCUT2D eigenvalue weighted by molar-refractivity contribution is 9.10. The first-order valence-electron chi connectivity index (χ1n) is 6.26. The van der Waals surface area contributed by atoms with E-state index in [2.05, 4.69) is 39.0 Å². The lowest BCUT2D eigenvalue weighted by atomic mass is 10.1. The number of thioether (sulfide) groups is 1. The molecule has 2 heterocycles. The summed E-state index contributed by atoms with van der Waals surface area (Å²) in [7, 11) is 0. The van der Waals surface area contributed by atoms with Crippen molar-refractivity contribution in [3.63, 3.8) is 0 Å². The minimum atomic E-state index is 0.969. The third-order valence-electron chi connectivity index (χ3n) is 3.50. The van der Waals surface area contributed by atoms with Crippen molar-refractivity contribution in [2.75, 3.05) is 25.4 Å². The van der Waals surface area contributed by atoms with Gasteiger partial charge in [-0.3, -0.25) is 4.90 Å². The van der Waals surface area contributed by atoms with Gasteiger partial charge in [0.1, 0.15) is 0 Å². The maximum Gasteiger partial charge on any atom is 0.0503 e. The molecule has 1 fully saturated rings. The zero-order valence-electron chi connectivity index (χ0n) is 10.1. The lowest BCUT2D eigenvalue weighted by Crippen LogP contribution is -2.23. The van der Waals surface area contributed by atoms with Crippen LogP contribution in [0.25, 0.3) is 5.03 Å². The third-order valence-corrected chi connectivity index (χ3v) is 5.63. The summed E-state index contributed by atoms with van der Waals surface area (Å²) in [6.07, 6.45) is 2.67. The minimum absolute atomic E-state index is 0.969. The molecule has 1 saturated heterocycles. The van der Waals surface area contributed by atoms with Gasteiger partial charge in [0.2, 0.25) is 0 Å². The molecule has 1 aromatic carbocycles. The van der Waals surface area contributed by atoms with Gasteiger partial charge in [-0.25, -0.2) is 0 Å². The van der Waals surface area contributed by atoms with Crippen LogP contribution in [0.4, 0.5) is 0 Å². The van der Waals surface area contributed by atoms with Gasteiger partial charge in [0.15, 0.2) is 0 Å². The molecule has 0 saturated carbocycles. The van der Waals surface area contributed by atoms with Crippen LogP contribution in [0, 0.1) is 0 Å². The molecular formula is C14H15BrClNS. The first kappa shape index (κ1) is 13.0. The van der Waals surface area contributed by atoms with Crippen molar-refractivity contribution in [3.05, 3.63) is 33.8 Å². The summed E-state index contributed by atoms with van der Waals surface area (Å²) in [5.74, 6) is 1.03. The van der Waals surface area contributed by atoms with Gasteiger partial charge in [0.05, 0.1) is 5.03 Å². The molecule has 0 radical (unpaired) electrons. The van der Waals surface area contributed by atoms with Crippen molar-refractivity contribution in [3.8, 4) is 0 Å².